The third kappa shape index (κ3) is 5.30. The third-order valence-corrected chi connectivity index (χ3v) is 13.0. The molecule has 50 heavy (non-hydrogen) atoms. The molecule has 4 aromatic rings. The minimum Gasteiger partial charge on any atom is -0.493 e. The summed E-state index contributed by atoms with van der Waals surface area (Å²) in [6.07, 6.45) is -4.18. The monoisotopic (exact) mass is 741 g/mol. The number of fused-ring (bicyclic) bond motifs is 9. The number of aromatic nitrogens is 1. The van der Waals surface area contributed by atoms with Crippen LogP contribution in [0.1, 0.15) is 28.3 Å². The number of benzene rings is 3. The van der Waals surface area contributed by atoms with Gasteiger partial charge in [-0.3, -0.25) is 19.2 Å². The van der Waals surface area contributed by atoms with Gasteiger partial charge in [0.2, 0.25) is 11.8 Å². The summed E-state index contributed by atoms with van der Waals surface area (Å²) < 4.78 is 53.5. The molecule has 2 N–H and O–H groups in total. The van der Waals surface area contributed by atoms with Crippen LogP contribution < -0.4 is 24.6 Å². The third-order valence-electron chi connectivity index (χ3n) is 10.2. The molecule has 0 spiro atoms. The molecule has 1 saturated heterocycles. The Balaban J connectivity index is 1.10. The molecule has 1 aromatic heterocycles. The summed E-state index contributed by atoms with van der Waals surface area (Å²) in [4.78, 5) is 57.4. The molecule has 3 heterocycles. The molecule has 2 saturated carbocycles. The van der Waals surface area contributed by atoms with E-state index < -0.39 is 47.0 Å². The van der Waals surface area contributed by atoms with Crippen LogP contribution in [-0.4, -0.2) is 41.7 Å². The molecule has 7 atom stereocenters. The molecular weight excluding hydrogens is 715 g/mol. The van der Waals surface area contributed by atoms with Crippen molar-refractivity contribution in [1.29, 1.82) is 0 Å². The lowest BCUT2D eigenvalue weighted by Gasteiger charge is -2.43. The van der Waals surface area contributed by atoms with E-state index in [9.17, 15) is 32.3 Å². The lowest BCUT2D eigenvalue weighted by molar-refractivity contribution is -0.137. The van der Waals surface area contributed by atoms with E-state index in [1.807, 2.05) is 6.07 Å². The summed E-state index contributed by atoms with van der Waals surface area (Å²) in [5, 5.41) is 3.79. The van der Waals surface area contributed by atoms with Crippen LogP contribution in [0.2, 0.25) is 5.02 Å². The number of H-pyrrole nitrogens is 1. The lowest BCUT2D eigenvalue weighted by Crippen LogP contribution is -2.42. The quantitative estimate of drug-likeness (QED) is 0.200. The molecule has 0 radical (unpaired) electrons. The van der Waals surface area contributed by atoms with E-state index in [2.05, 4.69) is 10.3 Å². The molecule has 4 aliphatic rings. The summed E-state index contributed by atoms with van der Waals surface area (Å²) in [6.45, 7) is -0.302. The van der Waals surface area contributed by atoms with Gasteiger partial charge in [-0.2, -0.15) is 13.2 Å². The van der Waals surface area contributed by atoms with Crippen LogP contribution in [0.15, 0.2) is 76.6 Å². The van der Waals surface area contributed by atoms with Gasteiger partial charge in [0.15, 0.2) is 18.1 Å². The summed E-state index contributed by atoms with van der Waals surface area (Å²) in [5.41, 5.74) is -0.136. The summed E-state index contributed by atoms with van der Waals surface area (Å²) in [5.74, 6) is -3.62. The van der Waals surface area contributed by atoms with Gasteiger partial charge >= 0.3 is 11.0 Å². The van der Waals surface area contributed by atoms with Crippen molar-refractivity contribution in [2.45, 2.75) is 28.8 Å². The minimum absolute atomic E-state index is 0.169. The smallest absolute Gasteiger partial charge is 0.418 e. The molecule has 8 rings (SSSR count). The highest BCUT2D eigenvalue weighted by molar-refractivity contribution is 8.00. The Bertz CT molecular complexity index is 2100. The Kier molecular flexibility index (Phi) is 8.03. The molecule has 6 unspecified atom stereocenters. The first-order valence-corrected chi connectivity index (χ1v) is 17.8. The highest BCUT2D eigenvalue weighted by Crippen LogP contribution is 2.69. The van der Waals surface area contributed by atoms with Crippen molar-refractivity contribution < 1.29 is 37.0 Å². The molecule has 3 aromatic carbocycles. The van der Waals surface area contributed by atoms with Gasteiger partial charge < -0.3 is 19.8 Å². The van der Waals surface area contributed by atoms with Crippen LogP contribution in [0.5, 0.6) is 11.5 Å². The number of hydrogen-bond donors (Lipinski definition) is 2. The Morgan fingerprint density at radius 2 is 1.72 bits per heavy atom. The number of thioether (sulfide) groups is 1. The van der Waals surface area contributed by atoms with Crippen molar-refractivity contribution >= 4 is 63.8 Å². The maximum absolute atomic E-state index is 14.0. The van der Waals surface area contributed by atoms with Crippen molar-refractivity contribution in [1.82, 2.24) is 4.98 Å². The number of nitrogens with one attached hydrogen (secondary N) is 2. The van der Waals surface area contributed by atoms with Crippen LogP contribution in [0.4, 0.5) is 24.5 Å². The maximum Gasteiger partial charge on any atom is 0.418 e. The number of alkyl halides is 3. The average molecular weight is 742 g/mol. The molecule has 9 nitrogen and oxygen atoms in total. The number of amides is 3. The lowest BCUT2D eigenvalue weighted by atomic mass is 9.68. The van der Waals surface area contributed by atoms with Gasteiger partial charge in [-0.15, -0.1) is 11.8 Å². The Labute approximate surface area is 296 Å². The van der Waals surface area contributed by atoms with Gasteiger partial charge in [0, 0.05) is 26.8 Å². The number of imide groups is 1. The Hall–Kier alpha value is -4.27. The van der Waals surface area contributed by atoms with Gasteiger partial charge in [0.1, 0.15) is 0 Å². The normalized spacial score (nSPS) is 26.4. The van der Waals surface area contributed by atoms with Gasteiger partial charge in [-0.25, -0.2) is 4.90 Å². The van der Waals surface area contributed by atoms with E-state index >= 15 is 0 Å². The van der Waals surface area contributed by atoms with Gasteiger partial charge in [0.25, 0.3) is 5.91 Å². The van der Waals surface area contributed by atoms with Crippen LogP contribution >= 0.6 is 34.7 Å². The number of carbonyl (C=O) groups excluding carboxylic acids is 3. The predicted octanol–water partition coefficient (Wildman–Crippen LogP) is 6.81. The van der Waals surface area contributed by atoms with Gasteiger partial charge in [-0.1, -0.05) is 41.1 Å². The first-order chi connectivity index (χ1) is 23.9. The zero-order valence-electron chi connectivity index (χ0n) is 26.0. The standard InChI is InChI=1S/C35H27ClF3N3O6S2/c1-47-23-12-15(6-11-22(23)48-14-24(43)40-17-9-7-16(36)8-10-17)25-26-18-13-19(29(26)49-31-30(25)50-34(46)41-31)28-27(18)32(44)42(33(28)45)21-5-3-2-4-20(21)35(37,38)39/h2-12,18-19,25-29H,13-14H2,1H3,(H,40,43)(H,41,46)/t18?,19?,25-,26?,27?,28?,29?/m1/s1. The number of para-hydroxylation sites is 1. The van der Waals surface area contributed by atoms with E-state index in [-0.39, 0.29) is 40.4 Å². The summed E-state index contributed by atoms with van der Waals surface area (Å²) in [7, 11) is 1.47. The van der Waals surface area contributed by atoms with E-state index in [1.54, 1.807) is 36.4 Å². The second kappa shape index (κ2) is 12.2. The highest BCUT2D eigenvalue weighted by atomic mass is 35.5. The SMILES string of the molecule is COc1cc([C@H]2c3sc(=O)[nH]c3SC3C4CC(C5C(=O)N(c6ccccc6C(F)(F)F)C(=O)C45)C32)ccc1OCC(=O)Nc1ccc(Cl)cc1. The Morgan fingerprint density at radius 1 is 1.00 bits per heavy atom. The van der Waals surface area contributed by atoms with Gasteiger partial charge in [0.05, 0.1) is 35.2 Å². The van der Waals surface area contributed by atoms with E-state index in [0.717, 1.165) is 32.7 Å². The number of nitrogens with zero attached hydrogens (tertiary/aromatic N) is 1. The number of halogens is 4. The molecule has 3 amide bonds. The zero-order valence-corrected chi connectivity index (χ0v) is 28.4. The second-order valence-corrected chi connectivity index (χ2v) is 15.4. The van der Waals surface area contributed by atoms with Crippen LogP contribution in [0.25, 0.3) is 0 Å². The number of rotatable bonds is 7. The molecular formula is C35H27ClF3N3O6S2. The molecule has 2 bridgehead atoms. The van der Waals surface area contributed by atoms with Crippen molar-refractivity contribution in [3.05, 3.63) is 97.4 Å². The van der Waals surface area contributed by atoms with Crippen LogP contribution in [0, 0.1) is 29.6 Å². The number of carbonyl (C=O) groups is 3. The van der Waals surface area contributed by atoms with Crippen molar-refractivity contribution in [3.63, 3.8) is 0 Å². The van der Waals surface area contributed by atoms with Crippen molar-refractivity contribution in [2.24, 2.45) is 29.6 Å². The minimum atomic E-state index is -4.75. The Morgan fingerprint density at radius 3 is 2.44 bits per heavy atom. The number of methoxy groups -OCH3 is 1. The fourth-order valence-corrected chi connectivity index (χ4v) is 11.4. The van der Waals surface area contributed by atoms with Crippen molar-refractivity contribution in [3.8, 4) is 11.5 Å². The van der Waals surface area contributed by atoms with Crippen LogP contribution in [-0.2, 0) is 20.6 Å². The highest BCUT2D eigenvalue weighted by Gasteiger charge is 2.70. The topological polar surface area (TPSA) is 118 Å². The number of hydrogen-bond acceptors (Lipinski definition) is 8. The maximum atomic E-state index is 14.0. The summed E-state index contributed by atoms with van der Waals surface area (Å²) >= 11 is 8.48. The molecule has 258 valence electrons. The summed E-state index contributed by atoms with van der Waals surface area (Å²) in [6, 6.07) is 16.6. The largest absolute Gasteiger partial charge is 0.493 e. The average Bonchev–Trinajstić information content (AvgIpc) is 3.83. The van der Waals surface area contributed by atoms with Crippen molar-refractivity contribution in [2.75, 3.05) is 23.9 Å². The molecule has 3 fully saturated rings. The second-order valence-electron chi connectivity index (χ2n) is 12.7. The fourth-order valence-electron chi connectivity index (χ4n) is 8.41. The number of aromatic amines is 1. The fraction of sp³-hybridized carbons (Fsp3) is 0.314. The molecule has 2 aliphatic heterocycles. The number of ether oxygens (including phenoxy) is 2. The van der Waals surface area contributed by atoms with Crippen LogP contribution in [0.3, 0.4) is 0 Å². The number of thiazole rings is 1. The molecule has 15 heteroatoms. The predicted molar refractivity (Wildman–Crippen MR) is 181 cm³/mol. The number of anilines is 2. The first kappa shape index (κ1) is 32.9. The van der Waals surface area contributed by atoms with E-state index in [1.165, 1.54) is 37.1 Å². The van der Waals surface area contributed by atoms with E-state index in [0.29, 0.717) is 33.7 Å². The van der Waals surface area contributed by atoms with E-state index in [4.69, 9.17) is 21.1 Å². The van der Waals surface area contributed by atoms with Gasteiger partial charge in [-0.05, 0) is 78.3 Å². The molecule has 2 aliphatic carbocycles. The zero-order chi connectivity index (χ0) is 35.1. The first-order valence-electron chi connectivity index (χ1n) is 15.7.